The lowest BCUT2D eigenvalue weighted by atomic mass is 9.79. The van der Waals surface area contributed by atoms with E-state index in [2.05, 4.69) is 74.7 Å². The molecule has 0 amide bonds. The SMILES string of the molecule is Cc1ccc2c(oc3c(C#N)c(-c4ccccc4)c(C(C)(C)C)cc32)c1-c1cccc[n+]1C. The van der Waals surface area contributed by atoms with Gasteiger partial charge >= 0.3 is 0 Å². The van der Waals surface area contributed by atoms with Crippen LogP contribution in [0.4, 0.5) is 0 Å². The van der Waals surface area contributed by atoms with Gasteiger partial charge in [0.2, 0.25) is 5.69 Å². The molecule has 33 heavy (non-hydrogen) atoms. The molecular weight excluding hydrogens is 404 g/mol. The molecule has 0 atom stereocenters. The topological polar surface area (TPSA) is 40.8 Å². The largest absolute Gasteiger partial charge is 0.454 e. The van der Waals surface area contributed by atoms with Crippen LogP contribution in [0.15, 0.2) is 77.3 Å². The van der Waals surface area contributed by atoms with Crippen LogP contribution in [0.25, 0.3) is 44.3 Å². The fourth-order valence-corrected chi connectivity index (χ4v) is 4.78. The maximum absolute atomic E-state index is 10.4. The summed E-state index contributed by atoms with van der Waals surface area (Å²) in [6.45, 7) is 8.70. The lowest BCUT2D eigenvalue weighted by molar-refractivity contribution is -0.660. The Labute approximate surface area is 194 Å². The molecule has 0 saturated carbocycles. The van der Waals surface area contributed by atoms with Crippen LogP contribution < -0.4 is 4.57 Å². The Hall–Kier alpha value is -3.90. The Bertz CT molecular complexity index is 1560. The van der Waals surface area contributed by atoms with E-state index in [0.717, 1.165) is 49.9 Å². The Morgan fingerprint density at radius 1 is 0.848 bits per heavy atom. The number of hydrogen-bond donors (Lipinski definition) is 0. The average Bonchev–Trinajstić information content (AvgIpc) is 3.17. The van der Waals surface area contributed by atoms with Crippen molar-refractivity contribution >= 4 is 21.9 Å². The van der Waals surface area contributed by atoms with Crippen LogP contribution in [0, 0.1) is 18.3 Å². The quantitative estimate of drug-likeness (QED) is 0.277. The van der Waals surface area contributed by atoms with Crippen LogP contribution in [0.2, 0.25) is 0 Å². The van der Waals surface area contributed by atoms with E-state index in [4.69, 9.17) is 4.42 Å². The van der Waals surface area contributed by atoms with Gasteiger partial charge in [-0.25, -0.2) is 4.57 Å². The van der Waals surface area contributed by atoms with Crippen molar-refractivity contribution in [1.29, 1.82) is 5.26 Å². The first-order valence-electron chi connectivity index (χ1n) is 11.2. The number of benzene rings is 3. The van der Waals surface area contributed by atoms with Gasteiger partial charge in [-0.15, -0.1) is 0 Å². The van der Waals surface area contributed by atoms with Crippen molar-refractivity contribution in [2.75, 3.05) is 0 Å². The second-order valence-corrected chi connectivity index (χ2v) is 9.71. The van der Waals surface area contributed by atoms with Crippen molar-refractivity contribution in [3.8, 4) is 28.5 Å². The minimum Gasteiger partial charge on any atom is -0.454 e. The highest BCUT2D eigenvalue weighted by Crippen LogP contribution is 2.44. The summed E-state index contributed by atoms with van der Waals surface area (Å²) in [6.07, 6.45) is 2.04. The summed E-state index contributed by atoms with van der Waals surface area (Å²) in [5, 5.41) is 12.4. The second kappa shape index (κ2) is 7.60. The maximum Gasteiger partial charge on any atom is 0.216 e. The predicted octanol–water partition coefficient (Wildman–Crippen LogP) is 7.22. The summed E-state index contributed by atoms with van der Waals surface area (Å²) in [6, 6.07) is 25.3. The van der Waals surface area contributed by atoms with Crippen LogP contribution in [0.5, 0.6) is 0 Å². The number of fused-ring (bicyclic) bond motifs is 3. The molecule has 0 aliphatic rings. The molecule has 0 bridgehead atoms. The van der Waals surface area contributed by atoms with Gasteiger partial charge in [0.05, 0.1) is 5.56 Å². The van der Waals surface area contributed by atoms with E-state index >= 15 is 0 Å². The van der Waals surface area contributed by atoms with Gasteiger partial charge in [0.1, 0.15) is 24.3 Å². The predicted molar refractivity (Wildman–Crippen MR) is 134 cm³/mol. The molecule has 3 heteroatoms. The first-order chi connectivity index (χ1) is 15.8. The molecule has 0 saturated heterocycles. The number of rotatable bonds is 2. The second-order valence-electron chi connectivity index (χ2n) is 9.71. The molecular formula is C30H27N2O+. The van der Waals surface area contributed by atoms with E-state index in [0.29, 0.717) is 11.1 Å². The van der Waals surface area contributed by atoms with Gasteiger partial charge in [-0.1, -0.05) is 63.2 Å². The Morgan fingerprint density at radius 2 is 1.58 bits per heavy atom. The smallest absolute Gasteiger partial charge is 0.216 e. The molecule has 162 valence electrons. The number of aromatic nitrogens is 1. The minimum atomic E-state index is -0.145. The van der Waals surface area contributed by atoms with Gasteiger partial charge in [-0.05, 0) is 41.2 Å². The van der Waals surface area contributed by atoms with Gasteiger partial charge in [0.15, 0.2) is 11.8 Å². The van der Waals surface area contributed by atoms with Crippen molar-refractivity contribution in [1.82, 2.24) is 0 Å². The van der Waals surface area contributed by atoms with Crippen molar-refractivity contribution in [2.45, 2.75) is 33.1 Å². The number of pyridine rings is 1. The fourth-order valence-electron chi connectivity index (χ4n) is 4.78. The zero-order chi connectivity index (χ0) is 23.3. The van der Waals surface area contributed by atoms with Crippen molar-refractivity contribution in [3.05, 3.63) is 89.6 Å². The number of hydrogen-bond acceptors (Lipinski definition) is 2. The molecule has 3 aromatic carbocycles. The zero-order valence-electron chi connectivity index (χ0n) is 19.7. The molecule has 5 aromatic rings. The number of nitrogens with zero attached hydrogens (tertiary/aromatic N) is 2. The van der Waals surface area contributed by atoms with E-state index < -0.39 is 0 Å². The monoisotopic (exact) mass is 431 g/mol. The molecule has 0 spiro atoms. The van der Waals surface area contributed by atoms with E-state index in [1.807, 2.05) is 43.6 Å². The lowest BCUT2D eigenvalue weighted by Gasteiger charge is -2.24. The van der Waals surface area contributed by atoms with Crippen molar-refractivity contribution < 1.29 is 8.98 Å². The standard InChI is InChI=1S/C30H27N2O/c1-19-14-15-21-22-17-24(30(2,3)4)27(20-11-7-6-8-12-20)23(18-31)28(22)33-29(21)26(19)25-13-9-10-16-32(25)5/h6-17H,1-5H3/q+1. The highest BCUT2D eigenvalue weighted by Gasteiger charge is 2.28. The normalized spacial score (nSPS) is 11.8. The molecule has 3 nitrogen and oxygen atoms in total. The summed E-state index contributed by atoms with van der Waals surface area (Å²) >= 11 is 0. The molecule has 2 aromatic heterocycles. The number of nitriles is 1. The summed E-state index contributed by atoms with van der Waals surface area (Å²) < 4.78 is 8.70. The third-order valence-electron chi connectivity index (χ3n) is 6.43. The van der Waals surface area contributed by atoms with Gasteiger partial charge in [-0.3, -0.25) is 0 Å². The van der Waals surface area contributed by atoms with Crippen molar-refractivity contribution in [2.24, 2.45) is 7.05 Å². The van der Waals surface area contributed by atoms with Gasteiger partial charge < -0.3 is 4.42 Å². The third-order valence-corrected chi connectivity index (χ3v) is 6.43. The summed E-state index contributed by atoms with van der Waals surface area (Å²) in [4.78, 5) is 0. The molecule has 0 unspecified atom stereocenters. The molecule has 0 N–H and O–H groups in total. The first kappa shape index (κ1) is 21.0. The lowest BCUT2D eigenvalue weighted by Crippen LogP contribution is -2.30. The van der Waals surface area contributed by atoms with E-state index in [-0.39, 0.29) is 5.41 Å². The van der Waals surface area contributed by atoms with Gasteiger partial charge in [0, 0.05) is 28.5 Å². The maximum atomic E-state index is 10.4. The molecule has 5 rings (SSSR count). The molecule has 0 fully saturated rings. The Balaban J connectivity index is 1.97. The molecule has 0 radical (unpaired) electrons. The van der Waals surface area contributed by atoms with E-state index in [9.17, 15) is 5.26 Å². The van der Waals surface area contributed by atoms with E-state index in [1.54, 1.807) is 0 Å². The van der Waals surface area contributed by atoms with Gasteiger partial charge in [0.25, 0.3) is 0 Å². The van der Waals surface area contributed by atoms with Gasteiger partial charge in [-0.2, -0.15) is 5.26 Å². The molecule has 0 aliphatic heterocycles. The molecule has 0 aliphatic carbocycles. The summed E-state index contributed by atoms with van der Waals surface area (Å²) in [7, 11) is 2.04. The van der Waals surface area contributed by atoms with E-state index in [1.165, 1.54) is 0 Å². The summed E-state index contributed by atoms with van der Waals surface area (Å²) in [5.74, 6) is 0. The fraction of sp³-hybridized carbons (Fsp3) is 0.200. The third kappa shape index (κ3) is 3.31. The Kier molecular flexibility index (Phi) is 4.83. The number of furan rings is 1. The van der Waals surface area contributed by atoms with Crippen LogP contribution in [0.1, 0.15) is 37.5 Å². The van der Waals surface area contributed by atoms with Crippen molar-refractivity contribution in [3.63, 3.8) is 0 Å². The average molecular weight is 432 g/mol. The zero-order valence-corrected chi connectivity index (χ0v) is 19.7. The highest BCUT2D eigenvalue weighted by atomic mass is 16.3. The summed E-state index contributed by atoms with van der Waals surface area (Å²) in [5.41, 5.74) is 8.36. The van der Waals surface area contributed by atoms with Crippen LogP contribution in [-0.4, -0.2) is 0 Å². The van der Waals surface area contributed by atoms with Crippen LogP contribution >= 0.6 is 0 Å². The molecule has 2 heterocycles. The number of aryl methyl sites for hydroxylation is 2. The van der Waals surface area contributed by atoms with Crippen LogP contribution in [-0.2, 0) is 12.5 Å². The van der Waals surface area contributed by atoms with Crippen LogP contribution in [0.3, 0.4) is 0 Å². The first-order valence-corrected chi connectivity index (χ1v) is 11.2. The minimum absolute atomic E-state index is 0.145. The Morgan fingerprint density at radius 3 is 2.24 bits per heavy atom. The highest BCUT2D eigenvalue weighted by molar-refractivity contribution is 6.12.